The SMILES string of the molecule is CCO/C=C/c1ccc(Oc2[nH]c(=O)[nH]c(=O)c2CC)c(C)c1. The lowest BCUT2D eigenvalue weighted by Gasteiger charge is -2.11. The van der Waals surface area contributed by atoms with Gasteiger partial charge in [-0.15, -0.1) is 0 Å². The molecular formula is C17H20N2O4. The summed E-state index contributed by atoms with van der Waals surface area (Å²) in [5.74, 6) is 0.761. The molecule has 2 rings (SSSR count). The van der Waals surface area contributed by atoms with Crippen molar-refractivity contribution in [2.24, 2.45) is 0 Å². The first-order valence-electron chi connectivity index (χ1n) is 7.47. The molecule has 0 radical (unpaired) electrons. The average Bonchev–Trinajstić information content (AvgIpc) is 2.50. The van der Waals surface area contributed by atoms with E-state index < -0.39 is 11.2 Å². The Kier molecular flexibility index (Phi) is 5.41. The minimum atomic E-state index is -0.587. The Morgan fingerprint density at radius 1 is 1.17 bits per heavy atom. The van der Waals surface area contributed by atoms with E-state index in [0.29, 0.717) is 24.3 Å². The summed E-state index contributed by atoms with van der Waals surface area (Å²) in [7, 11) is 0. The highest BCUT2D eigenvalue weighted by atomic mass is 16.5. The zero-order valence-corrected chi connectivity index (χ0v) is 13.4. The van der Waals surface area contributed by atoms with Gasteiger partial charge in [0, 0.05) is 0 Å². The normalized spacial score (nSPS) is 10.9. The maximum Gasteiger partial charge on any atom is 0.328 e. The lowest BCUT2D eigenvalue weighted by atomic mass is 10.1. The van der Waals surface area contributed by atoms with Gasteiger partial charge >= 0.3 is 5.69 Å². The third-order valence-corrected chi connectivity index (χ3v) is 3.29. The second-order valence-corrected chi connectivity index (χ2v) is 4.95. The van der Waals surface area contributed by atoms with Crippen LogP contribution in [0.2, 0.25) is 0 Å². The van der Waals surface area contributed by atoms with Crippen LogP contribution in [0, 0.1) is 6.92 Å². The molecule has 0 aliphatic heterocycles. The third-order valence-electron chi connectivity index (χ3n) is 3.29. The molecule has 2 aromatic rings. The van der Waals surface area contributed by atoms with Crippen LogP contribution in [0.25, 0.3) is 6.08 Å². The molecule has 1 aromatic carbocycles. The van der Waals surface area contributed by atoms with Gasteiger partial charge in [0.1, 0.15) is 5.75 Å². The fourth-order valence-electron chi connectivity index (χ4n) is 2.12. The van der Waals surface area contributed by atoms with Crippen molar-refractivity contribution in [2.45, 2.75) is 27.2 Å². The van der Waals surface area contributed by atoms with E-state index in [-0.39, 0.29) is 5.88 Å². The molecule has 6 heteroatoms. The number of aryl methyl sites for hydroxylation is 1. The van der Waals surface area contributed by atoms with Gasteiger partial charge in [0.2, 0.25) is 5.88 Å². The van der Waals surface area contributed by atoms with Crippen LogP contribution in [0.4, 0.5) is 0 Å². The smallest absolute Gasteiger partial charge is 0.328 e. The van der Waals surface area contributed by atoms with E-state index in [2.05, 4.69) is 9.97 Å². The van der Waals surface area contributed by atoms with Crippen LogP contribution in [0.1, 0.15) is 30.5 Å². The zero-order chi connectivity index (χ0) is 16.8. The van der Waals surface area contributed by atoms with Gasteiger partial charge in [0.15, 0.2) is 0 Å². The Bertz CT molecular complexity index is 818. The quantitative estimate of drug-likeness (QED) is 0.803. The third kappa shape index (κ3) is 4.12. The molecule has 0 saturated carbocycles. The van der Waals surface area contributed by atoms with Crippen molar-refractivity contribution in [3.63, 3.8) is 0 Å². The highest BCUT2D eigenvalue weighted by Crippen LogP contribution is 2.25. The van der Waals surface area contributed by atoms with E-state index in [1.54, 1.807) is 12.3 Å². The fraction of sp³-hybridized carbons (Fsp3) is 0.294. The molecular weight excluding hydrogens is 296 g/mol. The second-order valence-electron chi connectivity index (χ2n) is 4.95. The van der Waals surface area contributed by atoms with Gasteiger partial charge in [-0.3, -0.25) is 14.8 Å². The Labute approximate surface area is 133 Å². The molecule has 0 amide bonds. The number of aromatic nitrogens is 2. The van der Waals surface area contributed by atoms with E-state index >= 15 is 0 Å². The van der Waals surface area contributed by atoms with Crippen LogP contribution in [0.3, 0.4) is 0 Å². The highest BCUT2D eigenvalue weighted by Gasteiger charge is 2.11. The van der Waals surface area contributed by atoms with Gasteiger partial charge in [-0.25, -0.2) is 4.79 Å². The number of benzene rings is 1. The molecule has 0 saturated heterocycles. The average molecular weight is 316 g/mol. The van der Waals surface area contributed by atoms with Crippen molar-refractivity contribution in [1.82, 2.24) is 9.97 Å². The molecule has 0 spiro atoms. The Balaban J connectivity index is 2.31. The zero-order valence-electron chi connectivity index (χ0n) is 13.4. The van der Waals surface area contributed by atoms with Crippen molar-refractivity contribution in [1.29, 1.82) is 0 Å². The minimum absolute atomic E-state index is 0.182. The van der Waals surface area contributed by atoms with E-state index in [9.17, 15) is 9.59 Å². The summed E-state index contributed by atoms with van der Waals surface area (Å²) in [6, 6.07) is 5.59. The lowest BCUT2D eigenvalue weighted by Crippen LogP contribution is -2.25. The summed E-state index contributed by atoms with van der Waals surface area (Å²) < 4.78 is 10.9. The molecule has 0 unspecified atom stereocenters. The molecule has 23 heavy (non-hydrogen) atoms. The predicted molar refractivity (Wildman–Crippen MR) is 89.0 cm³/mol. The monoisotopic (exact) mass is 316 g/mol. The molecule has 0 bridgehead atoms. The lowest BCUT2D eigenvalue weighted by molar-refractivity contribution is 0.272. The summed E-state index contributed by atoms with van der Waals surface area (Å²) in [5, 5.41) is 0. The summed E-state index contributed by atoms with van der Waals surface area (Å²) in [5.41, 5.74) is 1.24. The first kappa shape index (κ1) is 16.6. The number of nitrogens with one attached hydrogen (secondary N) is 2. The summed E-state index contributed by atoms with van der Waals surface area (Å²) in [6.45, 7) is 6.25. The van der Waals surface area contributed by atoms with Crippen molar-refractivity contribution in [3.05, 3.63) is 62.0 Å². The van der Waals surface area contributed by atoms with Gasteiger partial charge in [0.25, 0.3) is 5.56 Å². The number of hydrogen-bond donors (Lipinski definition) is 2. The molecule has 1 aromatic heterocycles. The Morgan fingerprint density at radius 3 is 2.61 bits per heavy atom. The fourth-order valence-corrected chi connectivity index (χ4v) is 2.12. The van der Waals surface area contributed by atoms with Gasteiger partial charge < -0.3 is 9.47 Å². The van der Waals surface area contributed by atoms with Crippen LogP contribution >= 0.6 is 0 Å². The summed E-state index contributed by atoms with van der Waals surface area (Å²) >= 11 is 0. The molecule has 0 aliphatic rings. The number of aromatic amines is 2. The predicted octanol–water partition coefficient (Wildman–Crippen LogP) is 2.73. The summed E-state index contributed by atoms with van der Waals surface area (Å²) in [4.78, 5) is 28.0. The van der Waals surface area contributed by atoms with Gasteiger partial charge in [0.05, 0.1) is 18.4 Å². The standard InChI is InChI=1S/C17H20N2O4/c1-4-13-15(20)18-17(21)19-16(13)23-14-7-6-12(10-11(14)3)8-9-22-5-2/h6-10H,4-5H2,1-3H3,(H2,18,19,20,21)/b9-8+. The second kappa shape index (κ2) is 7.49. The van der Waals surface area contributed by atoms with E-state index in [1.165, 1.54) is 0 Å². The number of rotatable bonds is 6. The Morgan fingerprint density at radius 2 is 1.96 bits per heavy atom. The van der Waals surface area contributed by atoms with Crippen LogP contribution in [0.5, 0.6) is 11.6 Å². The molecule has 0 atom stereocenters. The molecule has 6 nitrogen and oxygen atoms in total. The minimum Gasteiger partial charge on any atom is -0.501 e. The van der Waals surface area contributed by atoms with Crippen molar-refractivity contribution < 1.29 is 9.47 Å². The molecule has 0 aliphatic carbocycles. The van der Waals surface area contributed by atoms with Crippen LogP contribution in [-0.2, 0) is 11.2 Å². The molecule has 2 N–H and O–H groups in total. The summed E-state index contributed by atoms with van der Waals surface area (Å²) in [6.07, 6.45) is 3.95. The van der Waals surface area contributed by atoms with Gasteiger partial charge in [-0.05, 0) is 49.6 Å². The van der Waals surface area contributed by atoms with Crippen molar-refractivity contribution in [2.75, 3.05) is 6.61 Å². The topological polar surface area (TPSA) is 84.2 Å². The first-order valence-corrected chi connectivity index (χ1v) is 7.47. The van der Waals surface area contributed by atoms with Crippen LogP contribution in [-0.4, -0.2) is 16.6 Å². The van der Waals surface area contributed by atoms with E-state index in [1.807, 2.05) is 39.0 Å². The van der Waals surface area contributed by atoms with Gasteiger partial charge in [-0.1, -0.05) is 13.0 Å². The maximum atomic E-state index is 11.8. The molecule has 0 fully saturated rings. The van der Waals surface area contributed by atoms with Crippen molar-refractivity contribution >= 4 is 6.08 Å². The number of H-pyrrole nitrogens is 2. The largest absolute Gasteiger partial charge is 0.501 e. The van der Waals surface area contributed by atoms with Crippen LogP contribution in [0.15, 0.2) is 34.1 Å². The Hall–Kier alpha value is -2.76. The van der Waals surface area contributed by atoms with Crippen LogP contribution < -0.4 is 16.0 Å². The molecule has 1 heterocycles. The van der Waals surface area contributed by atoms with Gasteiger partial charge in [-0.2, -0.15) is 0 Å². The molecule has 122 valence electrons. The van der Waals surface area contributed by atoms with E-state index in [4.69, 9.17) is 9.47 Å². The number of ether oxygens (including phenoxy) is 2. The maximum absolute atomic E-state index is 11.8. The number of hydrogen-bond acceptors (Lipinski definition) is 4. The van der Waals surface area contributed by atoms with E-state index in [0.717, 1.165) is 11.1 Å². The first-order chi connectivity index (χ1) is 11.0. The highest BCUT2D eigenvalue weighted by molar-refractivity contribution is 5.53. The van der Waals surface area contributed by atoms with Crippen molar-refractivity contribution in [3.8, 4) is 11.6 Å².